The first kappa shape index (κ1) is 13.4. The summed E-state index contributed by atoms with van der Waals surface area (Å²) in [6.45, 7) is 0. The first-order valence-corrected chi connectivity index (χ1v) is 7.09. The zero-order valence-corrected chi connectivity index (χ0v) is 12.1. The molecule has 0 spiro atoms. The lowest BCUT2D eigenvalue weighted by molar-refractivity contribution is 0.102. The number of methoxy groups -OCH3 is 1. The molecule has 1 heterocycles. The summed E-state index contributed by atoms with van der Waals surface area (Å²) in [4.78, 5) is 16.6. The first-order chi connectivity index (χ1) is 10.2. The minimum Gasteiger partial charge on any atom is -0.497 e. The maximum absolute atomic E-state index is 12.2. The minimum atomic E-state index is -0.283. The Balaban J connectivity index is 1.85. The molecule has 3 aromatic rings. The highest BCUT2D eigenvalue weighted by molar-refractivity contribution is 7.22. The molecule has 21 heavy (non-hydrogen) atoms. The molecule has 2 aromatic carbocycles. The number of hydrogen-bond acceptors (Lipinski definition) is 5. The van der Waals surface area contributed by atoms with Gasteiger partial charge in [-0.25, -0.2) is 4.98 Å². The smallest absolute Gasteiger partial charge is 0.259 e. The van der Waals surface area contributed by atoms with Crippen LogP contribution in [0.3, 0.4) is 0 Å². The largest absolute Gasteiger partial charge is 0.497 e. The molecule has 0 bridgehead atoms. The number of nitrogens with two attached hydrogens (primary N) is 1. The van der Waals surface area contributed by atoms with Gasteiger partial charge in [-0.1, -0.05) is 23.5 Å². The molecule has 3 N–H and O–H groups in total. The molecule has 0 atom stereocenters. The molecule has 0 aliphatic carbocycles. The fraction of sp³-hybridized carbons (Fsp3) is 0.0667. The Morgan fingerprint density at radius 3 is 2.81 bits per heavy atom. The Bertz CT molecular complexity index is 781. The molecule has 6 heteroatoms. The number of ether oxygens (including phenoxy) is 1. The molecule has 3 rings (SSSR count). The Labute approximate surface area is 125 Å². The predicted molar refractivity (Wildman–Crippen MR) is 85.0 cm³/mol. The van der Waals surface area contributed by atoms with E-state index in [4.69, 9.17) is 10.5 Å². The van der Waals surface area contributed by atoms with Gasteiger partial charge in [0.05, 0.1) is 22.9 Å². The second-order valence-corrected chi connectivity index (χ2v) is 5.42. The molecule has 0 saturated carbocycles. The van der Waals surface area contributed by atoms with Crippen molar-refractivity contribution in [2.45, 2.75) is 0 Å². The minimum absolute atomic E-state index is 0.283. The molecule has 106 valence electrons. The van der Waals surface area contributed by atoms with Crippen LogP contribution in [0.15, 0.2) is 42.5 Å². The molecule has 5 nitrogen and oxygen atoms in total. The van der Waals surface area contributed by atoms with Crippen molar-refractivity contribution >= 4 is 38.3 Å². The van der Waals surface area contributed by atoms with Crippen LogP contribution in [0, 0.1) is 0 Å². The summed E-state index contributed by atoms with van der Waals surface area (Å²) < 4.78 is 6.09. The van der Waals surface area contributed by atoms with Gasteiger partial charge < -0.3 is 10.5 Å². The van der Waals surface area contributed by atoms with Crippen molar-refractivity contribution in [2.75, 3.05) is 18.2 Å². The molecular formula is C15H13N3O2S. The molecular weight excluding hydrogens is 286 g/mol. The lowest BCUT2D eigenvalue weighted by Crippen LogP contribution is -2.13. The van der Waals surface area contributed by atoms with Gasteiger partial charge in [-0.15, -0.1) is 0 Å². The first-order valence-electron chi connectivity index (χ1n) is 6.28. The molecule has 0 unspecified atom stereocenters. The van der Waals surface area contributed by atoms with Crippen molar-refractivity contribution in [1.82, 2.24) is 4.98 Å². The number of nitrogen functional groups attached to an aromatic ring is 1. The van der Waals surface area contributed by atoms with Crippen LogP contribution in [-0.4, -0.2) is 18.0 Å². The van der Waals surface area contributed by atoms with Crippen molar-refractivity contribution in [1.29, 1.82) is 0 Å². The van der Waals surface area contributed by atoms with E-state index in [0.717, 1.165) is 10.2 Å². The zero-order valence-electron chi connectivity index (χ0n) is 11.3. The molecule has 1 amide bonds. The van der Waals surface area contributed by atoms with Gasteiger partial charge in [0.2, 0.25) is 0 Å². The predicted octanol–water partition coefficient (Wildman–Crippen LogP) is 3.14. The third-order valence-corrected chi connectivity index (χ3v) is 3.97. The number of nitrogens with one attached hydrogen (secondary N) is 1. The topological polar surface area (TPSA) is 77.2 Å². The standard InChI is InChI=1S/C15H13N3O2S/c1-20-9-6-7-10(11(16)8-9)14(19)18-15-17-12-4-2-3-5-13(12)21-15/h2-8H,16H2,1H3,(H,17,18,19). The van der Waals surface area contributed by atoms with Crippen LogP contribution in [-0.2, 0) is 0 Å². The van der Waals surface area contributed by atoms with Crippen LogP contribution in [0.4, 0.5) is 10.8 Å². The van der Waals surface area contributed by atoms with Gasteiger partial charge in [-0.2, -0.15) is 0 Å². The molecule has 0 saturated heterocycles. The highest BCUT2D eigenvalue weighted by atomic mass is 32.1. The lowest BCUT2D eigenvalue weighted by Gasteiger charge is -2.07. The van der Waals surface area contributed by atoms with E-state index < -0.39 is 0 Å². The average molecular weight is 299 g/mol. The van der Waals surface area contributed by atoms with E-state index in [-0.39, 0.29) is 5.91 Å². The number of amides is 1. The fourth-order valence-corrected chi connectivity index (χ4v) is 2.83. The van der Waals surface area contributed by atoms with Crippen molar-refractivity contribution in [3.05, 3.63) is 48.0 Å². The van der Waals surface area contributed by atoms with Crippen LogP contribution in [0.25, 0.3) is 10.2 Å². The summed E-state index contributed by atoms with van der Waals surface area (Å²) in [5, 5.41) is 3.33. The summed E-state index contributed by atoms with van der Waals surface area (Å²) in [6.07, 6.45) is 0. The van der Waals surface area contributed by atoms with E-state index in [0.29, 0.717) is 22.1 Å². The number of anilines is 2. The Morgan fingerprint density at radius 2 is 2.10 bits per heavy atom. The highest BCUT2D eigenvalue weighted by Gasteiger charge is 2.13. The van der Waals surface area contributed by atoms with Gasteiger partial charge in [-0.05, 0) is 24.3 Å². The van der Waals surface area contributed by atoms with E-state index in [9.17, 15) is 4.79 Å². The van der Waals surface area contributed by atoms with Gasteiger partial charge in [0.15, 0.2) is 5.13 Å². The summed E-state index contributed by atoms with van der Waals surface area (Å²) in [5.41, 5.74) is 7.50. The van der Waals surface area contributed by atoms with Crippen molar-refractivity contribution in [3.63, 3.8) is 0 Å². The number of fused-ring (bicyclic) bond motifs is 1. The lowest BCUT2D eigenvalue weighted by atomic mass is 10.1. The van der Waals surface area contributed by atoms with Crippen LogP contribution in [0.2, 0.25) is 0 Å². The Hall–Kier alpha value is -2.60. The number of thiazole rings is 1. The average Bonchev–Trinajstić information content (AvgIpc) is 2.88. The summed E-state index contributed by atoms with van der Waals surface area (Å²) in [7, 11) is 1.55. The van der Waals surface area contributed by atoms with Crippen LogP contribution >= 0.6 is 11.3 Å². The monoisotopic (exact) mass is 299 g/mol. The van der Waals surface area contributed by atoms with E-state index in [1.165, 1.54) is 11.3 Å². The van der Waals surface area contributed by atoms with Gasteiger partial charge in [0.25, 0.3) is 5.91 Å². The summed E-state index contributed by atoms with van der Waals surface area (Å²) in [6, 6.07) is 12.7. The Kier molecular flexibility index (Phi) is 3.45. The van der Waals surface area contributed by atoms with E-state index >= 15 is 0 Å². The molecule has 0 aliphatic rings. The second kappa shape index (κ2) is 5.41. The Morgan fingerprint density at radius 1 is 1.29 bits per heavy atom. The third-order valence-electron chi connectivity index (χ3n) is 3.02. The zero-order chi connectivity index (χ0) is 14.8. The molecule has 1 aromatic heterocycles. The van der Waals surface area contributed by atoms with E-state index in [1.54, 1.807) is 25.3 Å². The van der Waals surface area contributed by atoms with E-state index in [2.05, 4.69) is 10.3 Å². The maximum Gasteiger partial charge on any atom is 0.259 e. The normalized spacial score (nSPS) is 10.5. The number of rotatable bonds is 3. The number of carbonyl (C=O) groups excluding carboxylic acids is 1. The SMILES string of the molecule is COc1ccc(C(=O)Nc2nc3ccccc3s2)c(N)c1. The third kappa shape index (κ3) is 2.66. The number of carbonyl (C=O) groups is 1. The summed E-state index contributed by atoms with van der Waals surface area (Å²) in [5.74, 6) is 0.332. The molecule has 0 radical (unpaired) electrons. The van der Waals surface area contributed by atoms with Crippen molar-refractivity contribution in [3.8, 4) is 5.75 Å². The second-order valence-electron chi connectivity index (χ2n) is 4.39. The number of hydrogen-bond donors (Lipinski definition) is 2. The molecule has 0 fully saturated rings. The van der Waals surface area contributed by atoms with Gasteiger partial charge in [0.1, 0.15) is 5.75 Å². The molecule has 0 aliphatic heterocycles. The van der Waals surface area contributed by atoms with Crippen molar-refractivity contribution in [2.24, 2.45) is 0 Å². The summed E-state index contributed by atoms with van der Waals surface area (Å²) >= 11 is 1.43. The quantitative estimate of drug-likeness (QED) is 0.728. The van der Waals surface area contributed by atoms with Crippen LogP contribution < -0.4 is 15.8 Å². The number of para-hydroxylation sites is 1. The van der Waals surface area contributed by atoms with Crippen LogP contribution in [0.1, 0.15) is 10.4 Å². The number of aromatic nitrogens is 1. The van der Waals surface area contributed by atoms with E-state index in [1.807, 2.05) is 24.3 Å². The van der Waals surface area contributed by atoms with Crippen molar-refractivity contribution < 1.29 is 9.53 Å². The van der Waals surface area contributed by atoms with Gasteiger partial charge in [-0.3, -0.25) is 10.1 Å². The number of nitrogens with zero attached hydrogens (tertiary/aromatic N) is 1. The maximum atomic E-state index is 12.2. The van der Waals surface area contributed by atoms with Gasteiger partial charge >= 0.3 is 0 Å². The van der Waals surface area contributed by atoms with Crippen LogP contribution in [0.5, 0.6) is 5.75 Å². The van der Waals surface area contributed by atoms with Gasteiger partial charge in [0, 0.05) is 11.8 Å². The fourth-order valence-electron chi connectivity index (χ4n) is 1.96. The highest BCUT2D eigenvalue weighted by Crippen LogP contribution is 2.27. The number of benzene rings is 2.